The molecule has 1 amide bonds. The maximum absolute atomic E-state index is 13.5. The van der Waals surface area contributed by atoms with Gasteiger partial charge in [0.1, 0.15) is 11.6 Å². The summed E-state index contributed by atoms with van der Waals surface area (Å²) in [6.07, 6.45) is 0.846. The first-order chi connectivity index (χ1) is 9.38. The Kier molecular flexibility index (Phi) is 4.01. The van der Waals surface area contributed by atoms with Crippen LogP contribution in [0.4, 0.5) is 14.5 Å². The number of anilines is 1. The van der Waals surface area contributed by atoms with Crippen LogP contribution in [0.2, 0.25) is 0 Å². The van der Waals surface area contributed by atoms with Crippen molar-refractivity contribution in [2.45, 2.75) is 19.8 Å². The molecular weight excluding hydrogens is 268 g/mol. The van der Waals surface area contributed by atoms with Gasteiger partial charge in [-0.1, -0.05) is 6.92 Å². The predicted molar refractivity (Wildman–Crippen MR) is 68.0 cm³/mol. The molecule has 3 atom stereocenters. The first kappa shape index (κ1) is 14.4. The number of carbonyl (C=O) groups excluding carboxylic acids is 1. The zero-order valence-electron chi connectivity index (χ0n) is 10.9. The van der Waals surface area contributed by atoms with Crippen molar-refractivity contribution in [3.63, 3.8) is 0 Å². The second kappa shape index (κ2) is 5.56. The van der Waals surface area contributed by atoms with Gasteiger partial charge in [-0.3, -0.25) is 9.59 Å². The molecule has 1 fully saturated rings. The Morgan fingerprint density at radius 2 is 1.90 bits per heavy atom. The van der Waals surface area contributed by atoms with Crippen molar-refractivity contribution in [2.24, 2.45) is 17.8 Å². The Bertz CT molecular complexity index is 547. The molecular formula is C14H15F2NO3. The molecule has 6 heteroatoms. The Morgan fingerprint density at radius 3 is 2.55 bits per heavy atom. The van der Waals surface area contributed by atoms with E-state index in [0.29, 0.717) is 12.8 Å². The molecule has 0 spiro atoms. The number of benzene rings is 1. The third-order valence-corrected chi connectivity index (χ3v) is 3.64. The minimum atomic E-state index is -1.03. The number of rotatable bonds is 3. The van der Waals surface area contributed by atoms with E-state index in [1.54, 1.807) is 0 Å². The Balaban J connectivity index is 2.15. The normalized spacial score (nSPS) is 25.4. The number of carboxylic acids is 1. The number of hydrogen-bond acceptors (Lipinski definition) is 2. The minimum Gasteiger partial charge on any atom is -0.481 e. The van der Waals surface area contributed by atoms with Crippen LogP contribution in [0, 0.1) is 29.4 Å². The molecule has 4 nitrogen and oxygen atoms in total. The molecule has 1 aliphatic carbocycles. The maximum Gasteiger partial charge on any atom is 0.307 e. The van der Waals surface area contributed by atoms with Crippen LogP contribution in [0.25, 0.3) is 0 Å². The van der Waals surface area contributed by atoms with Gasteiger partial charge in [0.05, 0.1) is 17.5 Å². The van der Waals surface area contributed by atoms with Gasteiger partial charge in [-0.05, 0) is 30.9 Å². The fourth-order valence-electron chi connectivity index (χ4n) is 2.67. The van der Waals surface area contributed by atoms with Gasteiger partial charge in [0.15, 0.2) is 0 Å². The Labute approximate surface area is 114 Å². The van der Waals surface area contributed by atoms with Crippen LogP contribution in [0.1, 0.15) is 19.8 Å². The van der Waals surface area contributed by atoms with E-state index in [2.05, 4.69) is 5.32 Å². The Hall–Kier alpha value is -1.98. The minimum absolute atomic E-state index is 0.115. The lowest BCUT2D eigenvalue weighted by Crippen LogP contribution is -2.30. The summed E-state index contributed by atoms with van der Waals surface area (Å²) in [6, 6.07) is 2.74. The molecule has 1 aromatic rings. The lowest BCUT2D eigenvalue weighted by molar-refractivity contribution is -0.145. The summed E-state index contributed by atoms with van der Waals surface area (Å²) in [7, 11) is 0. The fraction of sp³-hybridized carbons (Fsp3) is 0.429. The van der Waals surface area contributed by atoms with Crippen LogP contribution in [0.3, 0.4) is 0 Å². The van der Waals surface area contributed by atoms with Crippen LogP contribution in [-0.4, -0.2) is 17.0 Å². The van der Waals surface area contributed by atoms with E-state index in [9.17, 15) is 18.4 Å². The molecule has 1 aliphatic rings. The smallest absolute Gasteiger partial charge is 0.307 e. The number of amides is 1. The molecule has 108 valence electrons. The van der Waals surface area contributed by atoms with E-state index in [4.69, 9.17) is 5.11 Å². The topological polar surface area (TPSA) is 66.4 Å². The highest BCUT2D eigenvalue weighted by Crippen LogP contribution is 2.37. The summed E-state index contributed by atoms with van der Waals surface area (Å²) in [6.45, 7) is 1.87. The van der Waals surface area contributed by atoms with Crippen LogP contribution >= 0.6 is 0 Å². The van der Waals surface area contributed by atoms with Gasteiger partial charge in [-0.2, -0.15) is 0 Å². The summed E-state index contributed by atoms with van der Waals surface area (Å²) >= 11 is 0. The molecule has 0 heterocycles. The monoisotopic (exact) mass is 283 g/mol. The molecule has 0 saturated heterocycles. The van der Waals surface area contributed by atoms with Crippen molar-refractivity contribution in [3.05, 3.63) is 29.8 Å². The third kappa shape index (κ3) is 2.95. The van der Waals surface area contributed by atoms with Gasteiger partial charge >= 0.3 is 5.97 Å². The van der Waals surface area contributed by atoms with Gasteiger partial charge in [0, 0.05) is 6.07 Å². The summed E-state index contributed by atoms with van der Waals surface area (Å²) in [5, 5.41) is 11.4. The van der Waals surface area contributed by atoms with Crippen molar-refractivity contribution in [1.82, 2.24) is 0 Å². The zero-order chi connectivity index (χ0) is 14.9. The summed E-state index contributed by atoms with van der Waals surface area (Å²) in [4.78, 5) is 23.2. The number of halogens is 2. The van der Waals surface area contributed by atoms with Crippen molar-refractivity contribution >= 4 is 17.6 Å². The molecule has 2 rings (SSSR count). The second-order valence-electron chi connectivity index (χ2n) is 5.24. The summed E-state index contributed by atoms with van der Waals surface area (Å²) in [5.74, 6) is -4.41. The van der Waals surface area contributed by atoms with Crippen molar-refractivity contribution in [1.29, 1.82) is 0 Å². The third-order valence-electron chi connectivity index (χ3n) is 3.64. The molecule has 1 unspecified atom stereocenters. The number of carboxylic acid groups (broad SMARTS) is 1. The van der Waals surface area contributed by atoms with Gasteiger partial charge in [0.2, 0.25) is 5.91 Å². The number of hydrogen-bond donors (Lipinski definition) is 2. The van der Waals surface area contributed by atoms with Crippen molar-refractivity contribution in [2.75, 3.05) is 5.32 Å². The number of nitrogens with one attached hydrogen (secondary N) is 1. The molecule has 20 heavy (non-hydrogen) atoms. The quantitative estimate of drug-likeness (QED) is 0.896. The standard InChI is InChI=1S/C14H15F2NO3/c1-7-4-9(10(5-7)14(19)20)13(18)17-12-6-8(15)2-3-11(12)16/h2-3,6-7,9-10H,4-5H2,1H3,(H,17,18)(H,19,20)/t7?,9-,10+/m0/s1. The largest absolute Gasteiger partial charge is 0.481 e. The average Bonchev–Trinajstić information content (AvgIpc) is 2.76. The highest BCUT2D eigenvalue weighted by Gasteiger charge is 2.41. The van der Waals surface area contributed by atoms with Crippen LogP contribution in [0.5, 0.6) is 0 Å². The van der Waals surface area contributed by atoms with E-state index in [1.807, 2.05) is 6.92 Å². The number of carbonyl (C=O) groups is 2. The van der Waals surface area contributed by atoms with Crippen LogP contribution in [-0.2, 0) is 9.59 Å². The van der Waals surface area contributed by atoms with Gasteiger partial charge in [-0.25, -0.2) is 8.78 Å². The van der Waals surface area contributed by atoms with Crippen LogP contribution in [0.15, 0.2) is 18.2 Å². The number of aliphatic carboxylic acids is 1. The highest BCUT2D eigenvalue weighted by molar-refractivity contribution is 5.95. The second-order valence-corrected chi connectivity index (χ2v) is 5.24. The fourth-order valence-corrected chi connectivity index (χ4v) is 2.67. The molecule has 2 N–H and O–H groups in total. The SMILES string of the molecule is CC1C[C@H](C(=O)Nc2cc(F)ccc2F)[C@H](C(=O)O)C1. The molecule has 1 saturated carbocycles. The van der Waals surface area contributed by atoms with Gasteiger partial charge in [0.25, 0.3) is 0 Å². The van der Waals surface area contributed by atoms with E-state index >= 15 is 0 Å². The van der Waals surface area contributed by atoms with E-state index in [0.717, 1.165) is 18.2 Å². The van der Waals surface area contributed by atoms with Gasteiger partial charge in [-0.15, -0.1) is 0 Å². The zero-order valence-corrected chi connectivity index (χ0v) is 10.9. The first-order valence-corrected chi connectivity index (χ1v) is 6.37. The summed E-state index contributed by atoms with van der Waals surface area (Å²) in [5.41, 5.74) is -0.265. The maximum atomic E-state index is 13.5. The molecule has 0 bridgehead atoms. The van der Waals surface area contributed by atoms with Crippen molar-refractivity contribution in [3.8, 4) is 0 Å². The van der Waals surface area contributed by atoms with Crippen molar-refractivity contribution < 1.29 is 23.5 Å². The van der Waals surface area contributed by atoms with E-state index in [-0.39, 0.29) is 11.6 Å². The van der Waals surface area contributed by atoms with Gasteiger partial charge < -0.3 is 10.4 Å². The first-order valence-electron chi connectivity index (χ1n) is 6.37. The average molecular weight is 283 g/mol. The Morgan fingerprint density at radius 1 is 1.25 bits per heavy atom. The summed E-state index contributed by atoms with van der Waals surface area (Å²) < 4.78 is 26.5. The predicted octanol–water partition coefficient (Wildman–Crippen LogP) is 2.65. The van der Waals surface area contributed by atoms with E-state index in [1.165, 1.54) is 0 Å². The molecule has 0 aromatic heterocycles. The lowest BCUT2D eigenvalue weighted by Gasteiger charge is -2.15. The molecule has 0 aliphatic heterocycles. The highest BCUT2D eigenvalue weighted by atomic mass is 19.1. The van der Waals surface area contributed by atoms with Crippen LogP contribution < -0.4 is 5.32 Å². The van der Waals surface area contributed by atoms with E-state index < -0.39 is 35.3 Å². The lowest BCUT2D eigenvalue weighted by atomic mass is 9.95. The molecule has 0 radical (unpaired) electrons. The molecule has 1 aromatic carbocycles.